The van der Waals surface area contributed by atoms with Crippen LogP contribution in [0.15, 0.2) is 35.7 Å². The predicted molar refractivity (Wildman–Crippen MR) is 85.6 cm³/mol. The van der Waals surface area contributed by atoms with Crippen LogP contribution in [-0.2, 0) is 17.7 Å². The number of methoxy groups -OCH3 is 1. The summed E-state index contributed by atoms with van der Waals surface area (Å²) in [4.78, 5) is 6.72. The summed E-state index contributed by atoms with van der Waals surface area (Å²) in [7, 11) is 3.58. The predicted octanol–water partition coefficient (Wildman–Crippen LogP) is 2.17. The van der Waals surface area contributed by atoms with E-state index in [0.717, 1.165) is 23.7 Å². The summed E-state index contributed by atoms with van der Waals surface area (Å²) in [6, 6.07) is 10.4. The summed E-state index contributed by atoms with van der Waals surface area (Å²) < 4.78 is 4.93. The average Bonchev–Trinajstić information content (AvgIpc) is 2.87. The number of ether oxygens (including phenoxy) is 1. The van der Waals surface area contributed by atoms with Crippen LogP contribution in [0.3, 0.4) is 0 Å². The number of thiazole rings is 1. The van der Waals surface area contributed by atoms with Gasteiger partial charge in [0.05, 0.1) is 23.4 Å². The molecule has 114 valence electrons. The molecule has 0 aliphatic heterocycles. The molecule has 1 aromatic heterocycles. The van der Waals surface area contributed by atoms with Crippen LogP contribution >= 0.6 is 11.3 Å². The van der Waals surface area contributed by atoms with Gasteiger partial charge < -0.3 is 9.84 Å². The Kier molecular flexibility index (Phi) is 6.32. The Balaban J connectivity index is 1.85. The minimum Gasteiger partial charge on any atom is -0.389 e. The molecule has 0 saturated carbocycles. The third kappa shape index (κ3) is 5.55. The fourth-order valence-corrected chi connectivity index (χ4v) is 3.04. The molecule has 0 aliphatic rings. The van der Waals surface area contributed by atoms with Gasteiger partial charge in [-0.3, -0.25) is 4.90 Å². The summed E-state index contributed by atoms with van der Waals surface area (Å²) in [6.45, 7) is 1.69. The van der Waals surface area contributed by atoms with Gasteiger partial charge in [-0.2, -0.15) is 0 Å². The fraction of sp³-hybridized carbons (Fsp3) is 0.438. The lowest BCUT2D eigenvalue weighted by Crippen LogP contribution is -2.31. The van der Waals surface area contributed by atoms with Crippen LogP contribution in [0, 0.1) is 0 Å². The maximum Gasteiger partial charge on any atom is 0.0972 e. The molecule has 4 nitrogen and oxygen atoms in total. The van der Waals surface area contributed by atoms with Gasteiger partial charge in [-0.1, -0.05) is 30.3 Å². The van der Waals surface area contributed by atoms with E-state index in [2.05, 4.69) is 39.5 Å². The van der Waals surface area contributed by atoms with E-state index in [1.54, 1.807) is 18.4 Å². The van der Waals surface area contributed by atoms with Crippen LogP contribution in [0.2, 0.25) is 0 Å². The number of rotatable bonds is 8. The lowest BCUT2D eigenvalue weighted by molar-refractivity contribution is 0.0417. The Morgan fingerprint density at radius 3 is 2.81 bits per heavy atom. The summed E-state index contributed by atoms with van der Waals surface area (Å²) in [5.41, 5.74) is 2.33. The number of nitrogens with zero attached hydrogens (tertiary/aromatic N) is 2. The Morgan fingerprint density at radius 2 is 2.10 bits per heavy atom. The van der Waals surface area contributed by atoms with Gasteiger partial charge in [0, 0.05) is 32.0 Å². The van der Waals surface area contributed by atoms with Crippen molar-refractivity contribution in [3.63, 3.8) is 0 Å². The summed E-state index contributed by atoms with van der Waals surface area (Å²) >= 11 is 1.69. The van der Waals surface area contributed by atoms with Crippen LogP contribution in [0.1, 0.15) is 16.3 Å². The van der Waals surface area contributed by atoms with Crippen LogP contribution in [0.5, 0.6) is 0 Å². The largest absolute Gasteiger partial charge is 0.389 e. The number of aliphatic hydroxyl groups is 1. The first-order chi connectivity index (χ1) is 10.2. The normalized spacial score (nSPS) is 12.8. The lowest BCUT2D eigenvalue weighted by atomic mass is 10.2. The molecule has 0 amide bonds. The molecule has 0 fully saturated rings. The number of hydrogen-bond acceptors (Lipinski definition) is 5. The van der Waals surface area contributed by atoms with Crippen LogP contribution in [0.25, 0.3) is 0 Å². The van der Waals surface area contributed by atoms with Crippen molar-refractivity contribution in [2.45, 2.75) is 19.1 Å². The molecule has 5 heteroatoms. The highest BCUT2D eigenvalue weighted by molar-refractivity contribution is 7.09. The van der Waals surface area contributed by atoms with Gasteiger partial charge in [-0.15, -0.1) is 11.3 Å². The van der Waals surface area contributed by atoms with Crippen LogP contribution in [0.4, 0.5) is 0 Å². The quantitative estimate of drug-likeness (QED) is 0.812. The molecular weight excluding hydrogens is 284 g/mol. The first-order valence-electron chi connectivity index (χ1n) is 7.00. The summed E-state index contributed by atoms with van der Waals surface area (Å²) in [5, 5.41) is 12.9. The maximum absolute atomic E-state index is 9.71. The third-order valence-corrected chi connectivity index (χ3v) is 4.01. The van der Waals surface area contributed by atoms with E-state index in [1.807, 2.05) is 13.1 Å². The molecule has 0 bridgehead atoms. The standard InChI is InChI=1S/C16H22N2O2S/c1-18(10-15(19)11-20-2)9-14-12-21-16(17-14)8-13-6-4-3-5-7-13/h3-7,12,15,19H,8-11H2,1-2H3. The van der Waals surface area contributed by atoms with Crippen molar-refractivity contribution in [1.29, 1.82) is 0 Å². The van der Waals surface area contributed by atoms with Crippen molar-refractivity contribution in [3.05, 3.63) is 52.0 Å². The van der Waals surface area contributed by atoms with Crippen molar-refractivity contribution in [2.75, 3.05) is 27.3 Å². The molecule has 0 spiro atoms. The van der Waals surface area contributed by atoms with Crippen LogP contribution in [-0.4, -0.2) is 48.4 Å². The van der Waals surface area contributed by atoms with Gasteiger partial charge in [0.25, 0.3) is 0 Å². The van der Waals surface area contributed by atoms with E-state index < -0.39 is 6.10 Å². The van der Waals surface area contributed by atoms with E-state index >= 15 is 0 Å². The molecule has 2 aromatic rings. The number of likely N-dealkylation sites (N-methyl/N-ethyl adjacent to an activating group) is 1. The van der Waals surface area contributed by atoms with E-state index in [0.29, 0.717) is 13.2 Å². The molecule has 1 aromatic carbocycles. The van der Waals surface area contributed by atoms with E-state index in [4.69, 9.17) is 4.74 Å². The van der Waals surface area contributed by atoms with Gasteiger partial charge in [-0.25, -0.2) is 4.98 Å². The molecule has 1 atom stereocenters. The molecular formula is C16H22N2O2S. The minimum absolute atomic E-state index is 0.362. The highest BCUT2D eigenvalue weighted by Crippen LogP contribution is 2.15. The smallest absolute Gasteiger partial charge is 0.0972 e. The van der Waals surface area contributed by atoms with Crippen molar-refractivity contribution in [2.24, 2.45) is 0 Å². The molecule has 2 rings (SSSR count). The molecule has 1 N–H and O–H groups in total. The Hall–Kier alpha value is -1.27. The average molecular weight is 306 g/mol. The number of aromatic nitrogens is 1. The Labute approximate surface area is 130 Å². The highest BCUT2D eigenvalue weighted by atomic mass is 32.1. The third-order valence-electron chi connectivity index (χ3n) is 3.11. The zero-order valence-electron chi connectivity index (χ0n) is 12.5. The van der Waals surface area contributed by atoms with Gasteiger partial charge in [0.2, 0.25) is 0 Å². The van der Waals surface area contributed by atoms with Crippen molar-refractivity contribution in [1.82, 2.24) is 9.88 Å². The minimum atomic E-state index is -0.456. The van der Waals surface area contributed by atoms with Gasteiger partial charge in [0.15, 0.2) is 0 Å². The molecule has 21 heavy (non-hydrogen) atoms. The van der Waals surface area contributed by atoms with Crippen molar-refractivity contribution < 1.29 is 9.84 Å². The number of hydrogen-bond donors (Lipinski definition) is 1. The molecule has 1 heterocycles. The molecule has 1 unspecified atom stereocenters. The second-order valence-electron chi connectivity index (χ2n) is 5.20. The second-order valence-corrected chi connectivity index (χ2v) is 6.14. The SMILES string of the molecule is COCC(O)CN(C)Cc1csc(Cc2ccccc2)n1. The monoisotopic (exact) mass is 306 g/mol. The zero-order chi connectivity index (χ0) is 15.1. The number of aliphatic hydroxyl groups excluding tert-OH is 1. The van der Waals surface area contributed by atoms with Crippen molar-refractivity contribution >= 4 is 11.3 Å². The van der Waals surface area contributed by atoms with Crippen molar-refractivity contribution in [3.8, 4) is 0 Å². The van der Waals surface area contributed by atoms with Gasteiger partial charge in [-0.05, 0) is 12.6 Å². The topological polar surface area (TPSA) is 45.6 Å². The first kappa shape index (κ1) is 16.1. The molecule has 0 aliphatic carbocycles. The molecule has 0 saturated heterocycles. The van der Waals surface area contributed by atoms with Gasteiger partial charge in [0.1, 0.15) is 0 Å². The maximum atomic E-state index is 9.71. The zero-order valence-corrected chi connectivity index (χ0v) is 13.3. The first-order valence-corrected chi connectivity index (χ1v) is 7.88. The van der Waals surface area contributed by atoms with E-state index in [-0.39, 0.29) is 0 Å². The lowest BCUT2D eigenvalue weighted by Gasteiger charge is -2.18. The second kappa shape index (κ2) is 8.24. The molecule has 0 radical (unpaired) electrons. The van der Waals surface area contributed by atoms with Crippen LogP contribution < -0.4 is 0 Å². The number of benzene rings is 1. The van der Waals surface area contributed by atoms with E-state index in [1.165, 1.54) is 5.56 Å². The summed E-state index contributed by atoms with van der Waals surface area (Å²) in [6.07, 6.45) is 0.420. The Morgan fingerprint density at radius 1 is 1.33 bits per heavy atom. The Bertz CT molecular complexity index is 530. The van der Waals surface area contributed by atoms with E-state index in [9.17, 15) is 5.11 Å². The summed E-state index contributed by atoms with van der Waals surface area (Å²) in [5.74, 6) is 0. The van der Waals surface area contributed by atoms with Gasteiger partial charge >= 0.3 is 0 Å². The highest BCUT2D eigenvalue weighted by Gasteiger charge is 2.10. The fourth-order valence-electron chi connectivity index (χ4n) is 2.22.